The van der Waals surface area contributed by atoms with Crippen molar-refractivity contribution in [2.24, 2.45) is 4.99 Å². The average Bonchev–Trinajstić information content (AvgIpc) is 3.07. The molecule has 2 atom stereocenters. The van der Waals surface area contributed by atoms with Crippen molar-refractivity contribution >= 4 is 29.1 Å². The third-order valence-electron chi connectivity index (χ3n) is 3.94. The zero-order valence-corrected chi connectivity index (χ0v) is 14.6. The van der Waals surface area contributed by atoms with E-state index < -0.39 is 5.91 Å². The number of nitrogens with two attached hydrogens (primary N) is 1. The minimum absolute atomic E-state index is 0.0182. The van der Waals surface area contributed by atoms with E-state index in [1.807, 2.05) is 6.92 Å². The lowest BCUT2D eigenvalue weighted by Crippen LogP contribution is -2.16. The fraction of sp³-hybridized carbons (Fsp3) is 0.250. The topological polar surface area (TPSA) is 141 Å². The molecule has 27 heavy (non-hydrogen) atoms. The summed E-state index contributed by atoms with van der Waals surface area (Å²) in [6.07, 6.45) is 8.78. The van der Waals surface area contributed by atoms with Crippen LogP contribution in [0.4, 0.5) is 5.82 Å². The van der Waals surface area contributed by atoms with E-state index in [-0.39, 0.29) is 24.0 Å². The van der Waals surface area contributed by atoms with Crippen LogP contribution in [0, 0.1) is 6.92 Å². The highest BCUT2D eigenvalue weighted by molar-refractivity contribution is 5.99. The molecule has 4 heterocycles. The predicted molar refractivity (Wildman–Crippen MR) is 96.8 cm³/mol. The quantitative estimate of drug-likeness (QED) is 0.493. The molecule has 0 bridgehead atoms. The summed E-state index contributed by atoms with van der Waals surface area (Å²) in [5, 5.41) is 7.49. The van der Waals surface area contributed by atoms with Crippen molar-refractivity contribution in [3.05, 3.63) is 42.5 Å². The third kappa shape index (κ3) is 3.04. The highest BCUT2D eigenvalue weighted by Gasteiger charge is 2.42. The third-order valence-corrected chi connectivity index (χ3v) is 3.94. The first-order valence-corrected chi connectivity index (χ1v) is 8.19. The van der Waals surface area contributed by atoms with Crippen molar-refractivity contribution in [2.45, 2.75) is 26.3 Å². The number of nitrogens with one attached hydrogen (secondary N) is 1. The van der Waals surface area contributed by atoms with Gasteiger partial charge in [0.05, 0.1) is 5.69 Å². The Kier molecular flexibility index (Phi) is 4.12. The maximum Gasteiger partial charge on any atom is 0.285 e. The second-order valence-electron chi connectivity index (χ2n) is 5.77. The van der Waals surface area contributed by atoms with Gasteiger partial charge in [-0.05, 0) is 13.8 Å². The molecular formula is C16H17N9O2. The van der Waals surface area contributed by atoms with Crippen molar-refractivity contribution < 1.29 is 9.53 Å². The summed E-state index contributed by atoms with van der Waals surface area (Å²) in [4.78, 5) is 29.1. The number of aryl methyl sites for hydroxylation is 1. The lowest BCUT2D eigenvalue weighted by molar-refractivity contribution is 0.0956. The summed E-state index contributed by atoms with van der Waals surface area (Å²) in [7, 11) is 0. The van der Waals surface area contributed by atoms with Crippen molar-refractivity contribution in [3.63, 3.8) is 0 Å². The Morgan fingerprint density at radius 3 is 3.04 bits per heavy atom. The molecule has 0 aliphatic carbocycles. The standard InChI is InChI=1S/C16H17N9O2/c1-3-18-4-5-20-14-16(27-14)25-13-10(9(2)23-25)21-11(12(17)22-13)15(26)24-7-6-19-8-24/h3-8,14,16,20H,1-2H3,(H2,17,22)/b5-4-,18-3-. The van der Waals surface area contributed by atoms with Crippen molar-refractivity contribution in [1.29, 1.82) is 0 Å². The van der Waals surface area contributed by atoms with Crippen LogP contribution in [0.3, 0.4) is 0 Å². The van der Waals surface area contributed by atoms with Crippen LogP contribution in [0.15, 0.2) is 36.1 Å². The number of epoxide rings is 1. The van der Waals surface area contributed by atoms with Gasteiger partial charge in [0.15, 0.2) is 29.6 Å². The molecule has 0 aromatic carbocycles. The normalized spacial score (nSPS) is 19.3. The van der Waals surface area contributed by atoms with Gasteiger partial charge in [0.25, 0.3) is 5.91 Å². The van der Waals surface area contributed by atoms with Crippen molar-refractivity contribution in [2.75, 3.05) is 5.73 Å². The maximum atomic E-state index is 12.5. The fourth-order valence-electron chi connectivity index (χ4n) is 2.61. The van der Waals surface area contributed by atoms with E-state index in [1.165, 1.54) is 23.3 Å². The zero-order valence-electron chi connectivity index (χ0n) is 14.6. The molecule has 1 aliphatic heterocycles. The van der Waals surface area contributed by atoms with Gasteiger partial charge in [-0.3, -0.25) is 14.4 Å². The van der Waals surface area contributed by atoms with Gasteiger partial charge >= 0.3 is 0 Å². The number of carbonyl (C=O) groups excluding carboxylic acids is 1. The van der Waals surface area contributed by atoms with E-state index in [4.69, 9.17) is 10.5 Å². The SMILES string of the molecule is C/C=N\C=C/NC1OC1n1nc(C)c2nc(C(=O)n3ccnc3)c(N)nc21. The minimum Gasteiger partial charge on any atom is -0.382 e. The number of aromatic nitrogens is 6. The molecule has 2 unspecified atom stereocenters. The second kappa shape index (κ2) is 6.61. The summed E-state index contributed by atoms with van der Waals surface area (Å²) in [5.74, 6) is -0.389. The molecule has 0 amide bonds. The van der Waals surface area contributed by atoms with E-state index in [0.29, 0.717) is 16.9 Å². The lowest BCUT2D eigenvalue weighted by atomic mass is 10.3. The number of ether oxygens (including phenoxy) is 1. The monoisotopic (exact) mass is 367 g/mol. The number of nitrogens with zero attached hydrogens (tertiary/aromatic N) is 7. The summed E-state index contributed by atoms with van der Waals surface area (Å²) >= 11 is 0. The summed E-state index contributed by atoms with van der Waals surface area (Å²) < 4.78 is 8.48. The molecule has 0 radical (unpaired) electrons. The molecule has 1 aliphatic rings. The molecule has 4 rings (SSSR count). The summed E-state index contributed by atoms with van der Waals surface area (Å²) in [6, 6.07) is 0. The minimum atomic E-state index is -0.407. The number of fused-ring (bicyclic) bond motifs is 1. The van der Waals surface area contributed by atoms with Crippen LogP contribution in [0.25, 0.3) is 11.2 Å². The second-order valence-corrected chi connectivity index (χ2v) is 5.77. The summed E-state index contributed by atoms with van der Waals surface area (Å²) in [5.41, 5.74) is 7.61. The van der Waals surface area contributed by atoms with E-state index in [1.54, 1.807) is 30.2 Å². The predicted octanol–water partition coefficient (Wildman–Crippen LogP) is 0.608. The molecule has 0 spiro atoms. The lowest BCUT2D eigenvalue weighted by Gasteiger charge is -2.05. The smallest absolute Gasteiger partial charge is 0.285 e. The number of imidazole rings is 1. The van der Waals surface area contributed by atoms with Crippen LogP contribution in [0.1, 0.15) is 29.3 Å². The van der Waals surface area contributed by atoms with Gasteiger partial charge < -0.3 is 15.8 Å². The first-order valence-electron chi connectivity index (χ1n) is 8.19. The van der Waals surface area contributed by atoms with Crippen LogP contribution in [0.5, 0.6) is 0 Å². The van der Waals surface area contributed by atoms with Gasteiger partial charge in [-0.2, -0.15) is 5.10 Å². The number of carbonyl (C=O) groups is 1. The van der Waals surface area contributed by atoms with Gasteiger partial charge in [-0.15, -0.1) is 0 Å². The van der Waals surface area contributed by atoms with Crippen LogP contribution < -0.4 is 11.1 Å². The Hall–Kier alpha value is -3.60. The van der Waals surface area contributed by atoms with Gasteiger partial charge in [-0.25, -0.2) is 19.6 Å². The van der Waals surface area contributed by atoms with Crippen LogP contribution in [0.2, 0.25) is 0 Å². The Labute approximate surface area is 153 Å². The number of hydrogen-bond donors (Lipinski definition) is 2. The highest BCUT2D eigenvalue weighted by atomic mass is 16.6. The number of anilines is 1. The Morgan fingerprint density at radius 1 is 1.44 bits per heavy atom. The number of rotatable bonds is 5. The Balaban J connectivity index is 1.64. The van der Waals surface area contributed by atoms with E-state index >= 15 is 0 Å². The molecule has 11 nitrogen and oxygen atoms in total. The number of hydrogen-bond acceptors (Lipinski definition) is 9. The first-order chi connectivity index (χ1) is 13.1. The first kappa shape index (κ1) is 16.8. The molecule has 1 fully saturated rings. The van der Waals surface area contributed by atoms with Gasteiger partial charge in [0, 0.05) is 31.0 Å². The van der Waals surface area contributed by atoms with Gasteiger partial charge in [-0.1, -0.05) is 0 Å². The average molecular weight is 367 g/mol. The van der Waals surface area contributed by atoms with Gasteiger partial charge in [0.1, 0.15) is 11.8 Å². The van der Waals surface area contributed by atoms with Crippen LogP contribution in [-0.4, -0.2) is 47.6 Å². The molecular weight excluding hydrogens is 350 g/mol. The maximum absolute atomic E-state index is 12.5. The van der Waals surface area contributed by atoms with Crippen LogP contribution in [-0.2, 0) is 4.74 Å². The molecule has 3 aromatic heterocycles. The summed E-state index contributed by atoms with van der Waals surface area (Å²) in [6.45, 7) is 3.62. The fourth-order valence-corrected chi connectivity index (χ4v) is 2.61. The highest BCUT2D eigenvalue weighted by Crippen LogP contribution is 2.34. The molecule has 138 valence electrons. The zero-order chi connectivity index (χ0) is 19.0. The largest absolute Gasteiger partial charge is 0.382 e. The van der Waals surface area contributed by atoms with E-state index in [9.17, 15) is 4.79 Å². The molecule has 0 saturated carbocycles. The van der Waals surface area contributed by atoms with E-state index in [0.717, 1.165) is 0 Å². The van der Waals surface area contributed by atoms with Crippen molar-refractivity contribution in [1.82, 2.24) is 34.6 Å². The number of aliphatic imine (C=N–C) groups is 1. The molecule has 3 N–H and O–H groups in total. The molecule has 11 heteroatoms. The number of nitrogen functional groups attached to an aromatic ring is 1. The Morgan fingerprint density at radius 2 is 2.30 bits per heavy atom. The van der Waals surface area contributed by atoms with Gasteiger partial charge in [0.2, 0.25) is 0 Å². The molecule has 3 aromatic rings. The Bertz CT molecular complexity index is 1050. The van der Waals surface area contributed by atoms with Crippen LogP contribution >= 0.6 is 0 Å². The molecule has 1 saturated heterocycles. The van der Waals surface area contributed by atoms with Crippen molar-refractivity contribution in [3.8, 4) is 0 Å². The van der Waals surface area contributed by atoms with E-state index in [2.05, 4.69) is 30.4 Å².